The first kappa shape index (κ1) is 14.9. The van der Waals surface area contributed by atoms with Crippen molar-refractivity contribution >= 4 is 35.2 Å². The molecule has 18 heavy (non-hydrogen) atoms. The SMILES string of the molecule is CC(NC(=O)CSCC(=O)O)c1ccc(Cl)cc1. The smallest absolute Gasteiger partial charge is 0.313 e. The number of benzene rings is 1. The van der Waals surface area contributed by atoms with Crippen molar-refractivity contribution in [2.45, 2.75) is 13.0 Å². The molecule has 4 nitrogen and oxygen atoms in total. The Hall–Kier alpha value is -1.20. The summed E-state index contributed by atoms with van der Waals surface area (Å²) >= 11 is 6.85. The molecule has 0 heterocycles. The Morgan fingerprint density at radius 2 is 1.94 bits per heavy atom. The van der Waals surface area contributed by atoms with Crippen molar-refractivity contribution in [1.82, 2.24) is 5.32 Å². The number of hydrogen-bond donors (Lipinski definition) is 2. The summed E-state index contributed by atoms with van der Waals surface area (Å²) in [5.41, 5.74) is 0.955. The lowest BCUT2D eigenvalue weighted by Crippen LogP contribution is -2.28. The summed E-state index contributed by atoms with van der Waals surface area (Å²) < 4.78 is 0. The maximum Gasteiger partial charge on any atom is 0.313 e. The summed E-state index contributed by atoms with van der Waals surface area (Å²) in [5, 5.41) is 11.9. The van der Waals surface area contributed by atoms with E-state index >= 15 is 0 Å². The van der Waals surface area contributed by atoms with Gasteiger partial charge in [0.2, 0.25) is 5.91 Å². The van der Waals surface area contributed by atoms with E-state index < -0.39 is 5.97 Å². The van der Waals surface area contributed by atoms with Crippen molar-refractivity contribution < 1.29 is 14.7 Å². The topological polar surface area (TPSA) is 66.4 Å². The molecule has 1 aromatic rings. The number of rotatable bonds is 6. The van der Waals surface area contributed by atoms with Gasteiger partial charge in [-0.2, -0.15) is 0 Å². The number of carbonyl (C=O) groups excluding carboxylic acids is 1. The first-order valence-corrected chi connectivity index (χ1v) is 6.86. The number of carboxylic acids is 1. The predicted molar refractivity (Wildman–Crippen MR) is 73.0 cm³/mol. The van der Waals surface area contributed by atoms with Crippen LogP contribution in [-0.4, -0.2) is 28.5 Å². The fourth-order valence-corrected chi connectivity index (χ4v) is 2.02. The number of thioether (sulfide) groups is 1. The highest BCUT2D eigenvalue weighted by Crippen LogP contribution is 2.16. The maximum absolute atomic E-state index is 11.5. The van der Waals surface area contributed by atoms with Gasteiger partial charge in [-0.3, -0.25) is 9.59 Å². The number of halogens is 1. The van der Waals surface area contributed by atoms with Crippen LogP contribution >= 0.6 is 23.4 Å². The Labute approximate surface area is 115 Å². The molecule has 1 atom stereocenters. The van der Waals surface area contributed by atoms with Crippen LogP contribution in [0.25, 0.3) is 0 Å². The van der Waals surface area contributed by atoms with Gasteiger partial charge in [0, 0.05) is 5.02 Å². The van der Waals surface area contributed by atoms with Crippen LogP contribution in [0.1, 0.15) is 18.5 Å². The molecule has 1 aromatic carbocycles. The summed E-state index contributed by atoms with van der Waals surface area (Å²) in [4.78, 5) is 21.8. The molecule has 2 N–H and O–H groups in total. The zero-order chi connectivity index (χ0) is 13.5. The average molecular weight is 288 g/mol. The molecule has 6 heteroatoms. The van der Waals surface area contributed by atoms with Gasteiger partial charge in [-0.15, -0.1) is 11.8 Å². The fraction of sp³-hybridized carbons (Fsp3) is 0.333. The van der Waals surface area contributed by atoms with E-state index in [2.05, 4.69) is 5.32 Å². The summed E-state index contributed by atoms with van der Waals surface area (Å²) in [5.74, 6) is -1.02. The molecular weight excluding hydrogens is 274 g/mol. The predicted octanol–water partition coefficient (Wildman–Crippen LogP) is 2.33. The number of carbonyl (C=O) groups is 2. The van der Waals surface area contributed by atoms with E-state index in [1.54, 1.807) is 12.1 Å². The third-order valence-electron chi connectivity index (χ3n) is 2.21. The molecule has 0 aliphatic heterocycles. The van der Waals surface area contributed by atoms with Gasteiger partial charge in [0.15, 0.2) is 0 Å². The van der Waals surface area contributed by atoms with Crippen LogP contribution in [0.5, 0.6) is 0 Å². The number of aliphatic carboxylic acids is 1. The molecule has 0 bridgehead atoms. The zero-order valence-electron chi connectivity index (χ0n) is 9.85. The van der Waals surface area contributed by atoms with Gasteiger partial charge >= 0.3 is 5.97 Å². The monoisotopic (exact) mass is 287 g/mol. The van der Waals surface area contributed by atoms with E-state index in [0.29, 0.717) is 5.02 Å². The molecule has 98 valence electrons. The second-order valence-corrected chi connectivity index (χ2v) is 5.15. The second kappa shape index (κ2) is 7.28. The highest BCUT2D eigenvalue weighted by molar-refractivity contribution is 8.00. The Kier molecular flexibility index (Phi) is 6.01. The molecule has 0 saturated heterocycles. The van der Waals surface area contributed by atoms with Crippen molar-refractivity contribution in [1.29, 1.82) is 0 Å². The minimum Gasteiger partial charge on any atom is -0.481 e. The Balaban J connectivity index is 2.39. The molecule has 0 radical (unpaired) electrons. The Bertz CT molecular complexity index is 422. The number of nitrogens with one attached hydrogen (secondary N) is 1. The van der Waals surface area contributed by atoms with Gasteiger partial charge in [-0.25, -0.2) is 0 Å². The maximum atomic E-state index is 11.5. The standard InChI is InChI=1S/C12H14ClNO3S/c1-8(9-2-4-10(13)5-3-9)14-11(15)6-18-7-12(16)17/h2-5,8H,6-7H2,1H3,(H,14,15)(H,16,17). The lowest BCUT2D eigenvalue weighted by atomic mass is 10.1. The number of amides is 1. The largest absolute Gasteiger partial charge is 0.481 e. The molecule has 1 amide bonds. The van der Waals surface area contributed by atoms with E-state index in [0.717, 1.165) is 17.3 Å². The van der Waals surface area contributed by atoms with E-state index in [1.807, 2.05) is 19.1 Å². The van der Waals surface area contributed by atoms with Crippen LogP contribution in [-0.2, 0) is 9.59 Å². The van der Waals surface area contributed by atoms with Gasteiger partial charge in [-0.1, -0.05) is 23.7 Å². The third kappa shape index (κ3) is 5.42. The molecule has 0 aliphatic carbocycles. The Morgan fingerprint density at radius 1 is 1.33 bits per heavy atom. The highest BCUT2D eigenvalue weighted by Gasteiger charge is 2.10. The van der Waals surface area contributed by atoms with Gasteiger partial charge < -0.3 is 10.4 Å². The van der Waals surface area contributed by atoms with E-state index in [1.165, 1.54) is 0 Å². The van der Waals surface area contributed by atoms with Gasteiger partial charge in [-0.05, 0) is 24.6 Å². The summed E-state index contributed by atoms with van der Waals surface area (Å²) in [6.45, 7) is 1.86. The van der Waals surface area contributed by atoms with Crippen molar-refractivity contribution in [3.05, 3.63) is 34.9 Å². The van der Waals surface area contributed by atoms with Gasteiger partial charge in [0.25, 0.3) is 0 Å². The normalized spacial score (nSPS) is 11.9. The fourth-order valence-electron chi connectivity index (χ4n) is 1.35. The zero-order valence-corrected chi connectivity index (χ0v) is 11.4. The molecule has 1 unspecified atom stereocenters. The minimum absolute atomic E-state index is 0.0667. The summed E-state index contributed by atoms with van der Waals surface area (Å²) in [6, 6.07) is 7.09. The Morgan fingerprint density at radius 3 is 2.50 bits per heavy atom. The molecule has 0 aliphatic rings. The third-order valence-corrected chi connectivity index (χ3v) is 3.38. The lowest BCUT2D eigenvalue weighted by Gasteiger charge is -2.14. The lowest BCUT2D eigenvalue weighted by molar-refractivity contribution is -0.133. The van der Waals surface area contributed by atoms with E-state index in [4.69, 9.17) is 16.7 Å². The van der Waals surface area contributed by atoms with Crippen molar-refractivity contribution in [3.8, 4) is 0 Å². The van der Waals surface area contributed by atoms with Crippen molar-refractivity contribution in [2.75, 3.05) is 11.5 Å². The van der Waals surface area contributed by atoms with Crippen molar-refractivity contribution in [2.24, 2.45) is 0 Å². The number of carboxylic acid groups (broad SMARTS) is 1. The van der Waals surface area contributed by atoms with Crippen molar-refractivity contribution in [3.63, 3.8) is 0 Å². The molecular formula is C12H14ClNO3S. The van der Waals surface area contributed by atoms with Gasteiger partial charge in [0.1, 0.15) is 0 Å². The van der Waals surface area contributed by atoms with E-state index in [9.17, 15) is 9.59 Å². The molecule has 0 spiro atoms. The first-order chi connectivity index (χ1) is 8.49. The van der Waals surface area contributed by atoms with Crippen LogP contribution in [0.15, 0.2) is 24.3 Å². The summed E-state index contributed by atoms with van der Waals surface area (Å²) in [7, 11) is 0. The minimum atomic E-state index is -0.918. The van der Waals surface area contributed by atoms with Crippen LogP contribution in [0.4, 0.5) is 0 Å². The van der Waals surface area contributed by atoms with Gasteiger partial charge in [0.05, 0.1) is 17.5 Å². The first-order valence-electron chi connectivity index (χ1n) is 5.33. The highest BCUT2D eigenvalue weighted by atomic mass is 35.5. The van der Waals surface area contributed by atoms with Crippen LogP contribution in [0.3, 0.4) is 0 Å². The van der Waals surface area contributed by atoms with E-state index in [-0.39, 0.29) is 23.5 Å². The second-order valence-electron chi connectivity index (χ2n) is 3.73. The molecule has 0 saturated carbocycles. The quantitative estimate of drug-likeness (QED) is 0.843. The molecule has 0 fully saturated rings. The summed E-state index contributed by atoms with van der Waals surface area (Å²) in [6.07, 6.45) is 0. The van der Waals surface area contributed by atoms with Crippen LogP contribution < -0.4 is 5.32 Å². The molecule has 1 rings (SSSR count). The number of hydrogen-bond acceptors (Lipinski definition) is 3. The van der Waals surface area contributed by atoms with Crippen LogP contribution in [0.2, 0.25) is 5.02 Å². The molecule has 0 aromatic heterocycles. The average Bonchev–Trinajstić information content (AvgIpc) is 2.29. The van der Waals surface area contributed by atoms with Crippen LogP contribution in [0, 0.1) is 0 Å².